The quantitative estimate of drug-likeness (QED) is 0.775. The third-order valence-corrected chi connectivity index (χ3v) is 6.02. The van der Waals surface area contributed by atoms with E-state index in [2.05, 4.69) is 76.3 Å². The number of morpholine rings is 1. The van der Waals surface area contributed by atoms with E-state index in [9.17, 15) is 4.79 Å². The zero-order chi connectivity index (χ0) is 21.6. The Morgan fingerprint density at radius 2 is 1.52 bits per heavy atom. The van der Waals surface area contributed by atoms with Gasteiger partial charge in [0.1, 0.15) is 0 Å². The zero-order valence-corrected chi connectivity index (χ0v) is 18.7. The first-order valence-electron chi connectivity index (χ1n) is 11.3. The van der Waals surface area contributed by atoms with Gasteiger partial charge in [-0.2, -0.15) is 0 Å². The van der Waals surface area contributed by atoms with E-state index in [1.54, 1.807) is 0 Å². The summed E-state index contributed by atoms with van der Waals surface area (Å²) in [6.45, 7) is 11.3. The smallest absolute Gasteiger partial charge is 0.238 e. The molecule has 0 radical (unpaired) electrons. The van der Waals surface area contributed by atoms with Gasteiger partial charge in [-0.1, -0.05) is 30.3 Å². The van der Waals surface area contributed by atoms with E-state index >= 15 is 0 Å². The summed E-state index contributed by atoms with van der Waals surface area (Å²) in [5.41, 5.74) is 3.37. The molecule has 166 valence electrons. The number of piperazine rings is 1. The molecule has 31 heavy (non-hydrogen) atoms. The van der Waals surface area contributed by atoms with Crippen LogP contribution in [0.25, 0.3) is 0 Å². The van der Waals surface area contributed by atoms with Crippen molar-refractivity contribution in [3.05, 3.63) is 60.2 Å². The number of hydrogen-bond donors (Lipinski definition) is 1. The topological polar surface area (TPSA) is 48.1 Å². The highest BCUT2D eigenvalue weighted by atomic mass is 16.5. The number of hydrogen-bond acceptors (Lipinski definition) is 5. The molecular weight excluding hydrogens is 388 g/mol. The summed E-state index contributed by atoms with van der Waals surface area (Å²) >= 11 is 0. The SMILES string of the molecule is CC1CN(c2ccc(NC(=O)CN3CCN(Cc4ccccc4)CC3)cc2)CC(C)O1. The van der Waals surface area contributed by atoms with E-state index in [-0.39, 0.29) is 18.1 Å². The van der Waals surface area contributed by atoms with Crippen molar-refractivity contribution in [3.8, 4) is 0 Å². The molecule has 1 N–H and O–H groups in total. The van der Waals surface area contributed by atoms with Gasteiger partial charge in [0.05, 0.1) is 18.8 Å². The molecule has 2 aliphatic heterocycles. The molecule has 2 aromatic carbocycles. The van der Waals surface area contributed by atoms with E-state index in [1.807, 2.05) is 12.1 Å². The molecule has 6 nitrogen and oxygen atoms in total. The molecule has 0 aliphatic carbocycles. The van der Waals surface area contributed by atoms with Crippen LogP contribution in [0.15, 0.2) is 54.6 Å². The lowest BCUT2D eigenvalue weighted by molar-refractivity contribution is -0.117. The molecular formula is C25H34N4O2. The molecule has 2 saturated heterocycles. The van der Waals surface area contributed by atoms with Crippen LogP contribution < -0.4 is 10.2 Å². The van der Waals surface area contributed by atoms with Crippen molar-refractivity contribution < 1.29 is 9.53 Å². The second kappa shape index (κ2) is 10.3. The van der Waals surface area contributed by atoms with Gasteiger partial charge in [-0.15, -0.1) is 0 Å². The average molecular weight is 423 g/mol. The molecule has 0 bridgehead atoms. The van der Waals surface area contributed by atoms with Crippen LogP contribution >= 0.6 is 0 Å². The molecule has 4 rings (SSSR count). The fraction of sp³-hybridized carbons (Fsp3) is 0.480. The summed E-state index contributed by atoms with van der Waals surface area (Å²) in [5.74, 6) is 0.0536. The number of nitrogens with zero attached hydrogens (tertiary/aromatic N) is 3. The minimum atomic E-state index is 0.0536. The maximum Gasteiger partial charge on any atom is 0.238 e. The van der Waals surface area contributed by atoms with E-state index in [0.717, 1.165) is 51.5 Å². The van der Waals surface area contributed by atoms with Crippen LogP contribution in [0.5, 0.6) is 0 Å². The minimum Gasteiger partial charge on any atom is -0.372 e. The Hall–Kier alpha value is -2.41. The molecule has 2 fully saturated rings. The van der Waals surface area contributed by atoms with Crippen molar-refractivity contribution in [1.29, 1.82) is 0 Å². The fourth-order valence-corrected chi connectivity index (χ4v) is 4.50. The molecule has 2 aliphatic rings. The molecule has 6 heteroatoms. The third kappa shape index (κ3) is 6.29. The Balaban J connectivity index is 1.21. The van der Waals surface area contributed by atoms with Crippen molar-refractivity contribution >= 4 is 17.3 Å². The van der Waals surface area contributed by atoms with Crippen molar-refractivity contribution in [2.45, 2.75) is 32.6 Å². The third-order valence-electron chi connectivity index (χ3n) is 6.02. The summed E-state index contributed by atoms with van der Waals surface area (Å²) < 4.78 is 5.82. The van der Waals surface area contributed by atoms with Gasteiger partial charge >= 0.3 is 0 Å². The van der Waals surface area contributed by atoms with E-state index in [1.165, 1.54) is 11.3 Å². The number of nitrogens with one attached hydrogen (secondary N) is 1. The van der Waals surface area contributed by atoms with Crippen LogP contribution in [0.3, 0.4) is 0 Å². The van der Waals surface area contributed by atoms with Gasteiger partial charge in [0.15, 0.2) is 0 Å². The van der Waals surface area contributed by atoms with Crippen molar-refractivity contribution in [2.75, 3.05) is 56.0 Å². The maximum atomic E-state index is 12.5. The molecule has 2 atom stereocenters. The molecule has 0 spiro atoms. The van der Waals surface area contributed by atoms with E-state index in [4.69, 9.17) is 4.74 Å². The van der Waals surface area contributed by atoms with Crippen LogP contribution in [0, 0.1) is 0 Å². The van der Waals surface area contributed by atoms with Crippen molar-refractivity contribution in [2.24, 2.45) is 0 Å². The summed E-state index contributed by atoms with van der Waals surface area (Å²) in [5, 5.41) is 3.05. The number of carbonyl (C=O) groups excluding carboxylic acids is 1. The summed E-state index contributed by atoms with van der Waals surface area (Å²) in [7, 11) is 0. The molecule has 0 saturated carbocycles. The molecule has 1 amide bonds. The van der Waals surface area contributed by atoms with Crippen LogP contribution in [-0.2, 0) is 16.1 Å². The van der Waals surface area contributed by atoms with Gasteiger partial charge in [0, 0.05) is 57.2 Å². The highest BCUT2D eigenvalue weighted by Crippen LogP contribution is 2.22. The van der Waals surface area contributed by atoms with E-state index in [0.29, 0.717) is 6.54 Å². The summed E-state index contributed by atoms with van der Waals surface area (Å²) in [6.07, 6.45) is 0.465. The van der Waals surface area contributed by atoms with Crippen LogP contribution in [0.4, 0.5) is 11.4 Å². The van der Waals surface area contributed by atoms with Crippen LogP contribution in [0.2, 0.25) is 0 Å². The highest BCUT2D eigenvalue weighted by molar-refractivity contribution is 5.92. The largest absolute Gasteiger partial charge is 0.372 e. The van der Waals surface area contributed by atoms with Gasteiger partial charge in [-0.25, -0.2) is 0 Å². The van der Waals surface area contributed by atoms with E-state index < -0.39 is 0 Å². The lowest BCUT2D eigenvalue weighted by Gasteiger charge is -2.37. The predicted octanol–water partition coefficient (Wildman–Crippen LogP) is 3.06. The number of carbonyl (C=O) groups is 1. The first kappa shape index (κ1) is 21.8. The van der Waals surface area contributed by atoms with Gasteiger partial charge < -0.3 is 15.0 Å². The normalized spacial score (nSPS) is 23.0. The van der Waals surface area contributed by atoms with Gasteiger partial charge in [0.2, 0.25) is 5.91 Å². The Labute approximate surface area is 185 Å². The second-order valence-electron chi connectivity index (χ2n) is 8.80. The molecule has 2 aromatic rings. The minimum absolute atomic E-state index is 0.0536. The lowest BCUT2D eigenvalue weighted by atomic mass is 10.2. The first-order chi connectivity index (χ1) is 15.0. The molecule has 0 aromatic heterocycles. The number of rotatable bonds is 6. The highest BCUT2D eigenvalue weighted by Gasteiger charge is 2.22. The lowest BCUT2D eigenvalue weighted by Crippen LogP contribution is -2.48. The summed E-state index contributed by atoms with van der Waals surface area (Å²) in [6, 6.07) is 18.7. The Kier molecular flexibility index (Phi) is 7.22. The summed E-state index contributed by atoms with van der Waals surface area (Å²) in [4.78, 5) is 19.6. The first-order valence-corrected chi connectivity index (χ1v) is 11.3. The average Bonchev–Trinajstić information content (AvgIpc) is 2.76. The van der Waals surface area contributed by atoms with Gasteiger partial charge in [-0.05, 0) is 43.7 Å². The second-order valence-corrected chi connectivity index (χ2v) is 8.80. The number of amides is 1. The maximum absolute atomic E-state index is 12.5. The van der Waals surface area contributed by atoms with Gasteiger partial charge in [0.25, 0.3) is 0 Å². The Bertz CT molecular complexity index is 824. The fourth-order valence-electron chi connectivity index (χ4n) is 4.50. The molecule has 2 unspecified atom stereocenters. The monoisotopic (exact) mass is 422 g/mol. The van der Waals surface area contributed by atoms with Gasteiger partial charge in [-0.3, -0.25) is 14.6 Å². The Morgan fingerprint density at radius 3 is 2.16 bits per heavy atom. The molecule has 2 heterocycles. The zero-order valence-electron chi connectivity index (χ0n) is 18.7. The Morgan fingerprint density at radius 1 is 0.903 bits per heavy atom. The predicted molar refractivity (Wildman–Crippen MR) is 125 cm³/mol. The van der Waals surface area contributed by atoms with Crippen molar-refractivity contribution in [3.63, 3.8) is 0 Å². The van der Waals surface area contributed by atoms with Crippen LogP contribution in [-0.4, -0.2) is 73.7 Å². The van der Waals surface area contributed by atoms with Crippen molar-refractivity contribution in [1.82, 2.24) is 9.80 Å². The standard InChI is InChI=1S/C25H34N4O2/c1-20-16-29(17-21(2)31-20)24-10-8-23(9-11-24)26-25(30)19-28-14-12-27(13-15-28)18-22-6-4-3-5-7-22/h3-11,20-21H,12-19H2,1-2H3,(H,26,30). The number of ether oxygens (including phenoxy) is 1. The number of anilines is 2. The van der Waals surface area contributed by atoms with Crippen LogP contribution in [0.1, 0.15) is 19.4 Å². The number of benzene rings is 2.